The third-order valence-corrected chi connectivity index (χ3v) is 5.41. The summed E-state index contributed by atoms with van der Waals surface area (Å²) in [5.74, 6) is 0.497. The fraction of sp³-hybridized carbons (Fsp3) is 0.500. The molecular formula is C20H26N4O. The summed E-state index contributed by atoms with van der Waals surface area (Å²) >= 11 is 0. The third-order valence-electron chi connectivity index (χ3n) is 5.41. The molecule has 0 unspecified atom stereocenters. The van der Waals surface area contributed by atoms with E-state index >= 15 is 0 Å². The van der Waals surface area contributed by atoms with Crippen LogP contribution in [0.2, 0.25) is 0 Å². The average molecular weight is 338 g/mol. The van der Waals surface area contributed by atoms with Gasteiger partial charge in [-0.25, -0.2) is 4.68 Å². The first-order valence-electron chi connectivity index (χ1n) is 9.27. The average Bonchev–Trinajstić information content (AvgIpc) is 3.36. The summed E-state index contributed by atoms with van der Waals surface area (Å²) in [5, 5.41) is 7.82. The van der Waals surface area contributed by atoms with Gasteiger partial charge in [-0.1, -0.05) is 18.2 Å². The molecule has 0 radical (unpaired) electrons. The maximum absolute atomic E-state index is 12.9. The molecule has 0 bridgehead atoms. The van der Waals surface area contributed by atoms with Crippen LogP contribution >= 0.6 is 0 Å². The van der Waals surface area contributed by atoms with Gasteiger partial charge < -0.3 is 10.2 Å². The lowest BCUT2D eigenvalue weighted by molar-refractivity contribution is 0.0916. The lowest BCUT2D eigenvalue weighted by atomic mass is 10.0. The minimum absolute atomic E-state index is 0.0382. The SMILES string of the molecule is Cc1ccccc1-n1ncc(C(=O)NC2CCN(C)CC2)c1C1CC1. The van der Waals surface area contributed by atoms with Gasteiger partial charge in [-0.2, -0.15) is 5.10 Å². The van der Waals surface area contributed by atoms with E-state index in [1.54, 1.807) is 6.20 Å². The Bertz CT molecular complexity index is 770. The molecule has 1 saturated heterocycles. The molecule has 5 heteroatoms. The zero-order chi connectivity index (χ0) is 17.4. The van der Waals surface area contributed by atoms with E-state index in [-0.39, 0.29) is 11.9 Å². The number of rotatable bonds is 4. The summed E-state index contributed by atoms with van der Waals surface area (Å²) in [6, 6.07) is 8.50. The summed E-state index contributed by atoms with van der Waals surface area (Å²) in [6.45, 7) is 4.18. The molecule has 2 heterocycles. The van der Waals surface area contributed by atoms with Gasteiger partial charge in [-0.05, 0) is 64.4 Å². The number of piperidine rings is 1. The minimum Gasteiger partial charge on any atom is -0.349 e. The van der Waals surface area contributed by atoms with Gasteiger partial charge in [0.1, 0.15) is 0 Å². The van der Waals surface area contributed by atoms with Crippen LogP contribution in [0.15, 0.2) is 30.5 Å². The van der Waals surface area contributed by atoms with Crippen LogP contribution in [0.4, 0.5) is 0 Å². The van der Waals surface area contributed by atoms with Crippen LogP contribution in [0.25, 0.3) is 5.69 Å². The van der Waals surface area contributed by atoms with Crippen molar-refractivity contribution in [1.82, 2.24) is 20.0 Å². The van der Waals surface area contributed by atoms with E-state index in [2.05, 4.69) is 41.4 Å². The Labute approximate surface area is 149 Å². The molecule has 1 aliphatic heterocycles. The Kier molecular flexibility index (Phi) is 4.34. The van der Waals surface area contributed by atoms with Crippen molar-refractivity contribution in [2.24, 2.45) is 0 Å². The summed E-state index contributed by atoms with van der Waals surface area (Å²) in [4.78, 5) is 15.2. The molecule has 1 aromatic heterocycles. The number of likely N-dealkylation sites (tertiary alicyclic amines) is 1. The molecule has 1 aromatic carbocycles. The van der Waals surface area contributed by atoms with Crippen molar-refractivity contribution in [3.63, 3.8) is 0 Å². The molecule has 2 fully saturated rings. The van der Waals surface area contributed by atoms with E-state index in [0.717, 1.165) is 55.7 Å². The molecular weight excluding hydrogens is 312 g/mol. The standard InChI is InChI=1S/C20H26N4O/c1-14-5-3-4-6-18(14)24-19(15-7-8-15)17(13-21-24)20(25)22-16-9-11-23(2)12-10-16/h3-6,13,15-16H,7-12H2,1-2H3,(H,22,25). The predicted molar refractivity (Wildman–Crippen MR) is 98.3 cm³/mol. The number of aromatic nitrogens is 2. The van der Waals surface area contributed by atoms with Crippen molar-refractivity contribution in [1.29, 1.82) is 0 Å². The second kappa shape index (κ2) is 6.64. The van der Waals surface area contributed by atoms with Crippen LogP contribution in [0.3, 0.4) is 0 Å². The first-order chi connectivity index (χ1) is 12.1. The zero-order valence-corrected chi connectivity index (χ0v) is 15.0. The fourth-order valence-electron chi connectivity index (χ4n) is 3.69. The number of carbonyl (C=O) groups is 1. The van der Waals surface area contributed by atoms with Crippen molar-refractivity contribution in [2.45, 2.75) is 44.6 Å². The molecule has 2 aromatic rings. The molecule has 1 amide bonds. The molecule has 0 spiro atoms. The molecule has 1 saturated carbocycles. The second-order valence-electron chi connectivity index (χ2n) is 7.47. The first-order valence-corrected chi connectivity index (χ1v) is 9.27. The highest BCUT2D eigenvalue weighted by atomic mass is 16.1. The third kappa shape index (κ3) is 3.33. The normalized spacial score (nSPS) is 19.1. The van der Waals surface area contributed by atoms with Crippen molar-refractivity contribution in [3.8, 4) is 5.69 Å². The Balaban J connectivity index is 1.60. The minimum atomic E-state index is 0.0382. The van der Waals surface area contributed by atoms with Crippen LogP contribution in [-0.4, -0.2) is 46.8 Å². The van der Waals surface area contributed by atoms with Crippen molar-refractivity contribution >= 4 is 5.91 Å². The van der Waals surface area contributed by atoms with Crippen LogP contribution in [-0.2, 0) is 0 Å². The highest BCUT2D eigenvalue weighted by Crippen LogP contribution is 2.42. The van der Waals surface area contributed by atoms with E-state index < -0.39 is 0 Å². The summed E-state index contributed by atoms with van der Waals surface area (Å²) in [6.07, 6.45) is 6.09. The predicted octanol–water partition coefficient (Wildman–Crippen LogP) is 2.88. The molecule has 4 rings (SSSR count). The number of benzene rings is 1. The molecule has 0 atom stereocenters. The number of hydrogen-bond acceptors (Lipinski definition) is 3. The Morgan fingerprint density at radius 3 is 2.56 bits per heavy atom. The van der Waals surface area contributed by atoms with E-state index in [1.807, 2.05) is 16.8 Å². The highest BCUT2D eigenvalue weighted by molar-refractivity contribution is 5.95. The number of hydrogen-bond donors (Lipinski definition) is 1. The number of amides is 1. The van der Waals surface area contributed by atoms with Gasteiger partial charge >= 0.3 is 0 Å². The topological polar surface area (TPSA) is 50.2 Å². The van der Waals surface area contributed by atoms with Gasteiger partial charge in [0.05, 0.1) is 23.1 Å². The van der Waals surface area contributed by atoms with Gasteiger partial charge in [0, 0.05) is 12.0 Å². The van der Waals surface area contributed by atoms with Crippen molar-refractivity contribution in [3.05, 3.63) is 47.3 Å². The quantitative estimate of drug-likeness (QED) is 0.932. The number of para-hydroxylation sites is 1. The van der Waals surface area contributed by atoms with Gasteiger partial charge in [0.15, 0.2) is 0 Å². The lowest BCUT2D eigenvalue weighted by Gasteiger charge is -2.29. The Morgan fingerprint density at radius 2 is 1.88 bits per heavy atom. The van der Waals surface area contributed by atoms with E-state index in [9.17, 15) is 4.79 Å². The van der Waals surface area contributed by atoms with Crippen LogP contribution < -0.4 is 5.32 Å². The zero-order valence-electron chi connectivity index (χ0n) is 15.0. The first kappa shape index (κ1) is 16.3. The summed E-state index contributed by atoms with van der Waals surface area (Å²) in [5.41, 5.74) is 4.09. The second-order valence-corrected chi connectivity index (χ2v) is 7.47. The van der Waals surface area contributed by atoms with E-state index in [1.165, 1.54) is 5.56 Å². The number of nitrogens with zero attached hydrogens (tertiary/aromatic N) is 3. The van der Waals surface area contributed by atoms with E-state index in [0.29, 0.717) is 5.92 Å². The molecule has 1 aliphatic carbocycles. The monoisotopic (exact) mass is 338 g/mol. The molecule has 1 N–H and O–H groups in total. The van der Waals surface area contributed by atoms with Gasteiger partial charge in [-0.3, -0.25) is 4.79 Å². The molecule has 5 nitrogen and oxygen atoms in total. The molecule has 25 heavy (non-hydrogen) atoms. The summed E-state index contributed by atoms with van der Waals surface area (Å²) < 4.78 is 1.98. The smallest absolute Gasteiger partial charge is 0.255 e. The van der Waals surface area contributed by atoms with Gasteiger partial charge in [0.25, 0.3) is 5.91 Å². The van der Waals surface area contributed by atoms with E-state index in [4.69, 9.17) is 0 Å². The van der Waals surface area contributed by atoms with Crippen LogP contribution in [0, 0.1) is 6.92 Å². The molecule has 2 aliphatic rings. The van der Waals surface area contributed by atoms with Crippen molar-refractivity contribution in [2.75, 3.05) is 20.1 Å². The number of nitrogens with one attached hydrogen (secondary N) is 1. The number of carbonyl (C=O) groups excluding carboxylic acids is 1. The van der Waals surface area contributed by atoms with Crippen LogP contribution in [0.5, 0.6) is 0 Å². The van der Waals surface area contributed by atoms with Gasteiger partial charge in [0.2, 0.25) is 0 Å². The highest BCUT2D eigenvalue weighted by Gasteiger charge is 2.33. The van der Waals surface area contributed by atoms with Crippen molar-refractivity contribution < 1.29 is 4.79 Å². The lowest BCUT2D eigenvalue weighted by Crippen LogP contribution is -2.43. The fourth-order valence-corrected chi connectivity index (χ4v) is 3.69. The summed E-state index contributed by atoms with van der Waals surface area (Å²) in [7, 11) is 2.13. The number of aryl methyl sites for hydroxylation is 1. The largest absolute Gasteiger partial charge is 0.349 e. The Morgan fingerprint density at radius 1 is 1.16 bits per heavy atom. The molecule has 132 valence electrons. The maximum atomic E-state index is 12.9. The maximum Gasteiger partial charge on any atom is 0.255 e. The Hall–Kier alpha value is -2.14. The van der Waals surface area contributed by atoms with Crippen LogP contribution in [0.1, 0.15) is 53.2 Å². The van der Waals surface area contributed by atoms with Gasteiger partial charge in [-0.15, -0.1) is 0 Å².